The highest BCUT2D eigenvalue weighted by Crippen LogP contribution is 2.29. The van der Waals surface area contributed by atoms with Gasteiger partial charge in [0.25, 0.3) is 0 Å². The number of rotatable bonds is 6. The summed E-state index contributed by atoms with van der Waals surface area (Å²) in [6.45, 7) is 7.61. The number of carboxylic acids is 1. The lowest BCUT2D eigenvalue weighted by atomic mass is 10.0. The van der Waals surface area contributed by atoms with Gasteiger partial charge in [-0.15, -0.1) is 0 Å². The molecular weight excluding hydrogens is 358 g/mol. The van der Waals surface area contributed by atoms with E-state index >= 15 is 0 Å². The van der Waals surface area contributed by atoms with Crippen LogP contribution in [0.2, 0.25) is 0 Å². The van der Waals surface area contributed by atoms with Crippen LogP contribution in [0.1, 0.15) is 67.6 Å². The van der Waals surface area contributed by atoms with Crippen molar-refractivity contribution >= 4 is 23.5 Å². The van der Waals surface area contributed by atoms with Gasteiger partial charge in [-0.2, -0.15) is 0 Å². The summed E-state index contributed by atoms with van der Waals surface area (Å²) in [5, 5.41) is 9.92. The smallest absolute Gasteiger partial charge is 0.335 e. The monoisotopic (exact) mass is 385 g/mol. The van der Waals surface area contributed by atoms with Crippen LogP contribution in [-0.2, 0) is 5.75 Å². The largest absolute Gasteiger partial charge is 0.478 e. The second kappa shape index (κ2) is 8.74. The average Bonchev–Trinajstić information content (AvgIpc) is 2.66. The molecule has 0 aliphatic carbocycles. The van der Waals surface area contributed by atoms with E-state index in [-0.39, 0.29) is 0 Å². The lowest BCUT2D eigenvalue weighted by Crippen LogP contribution is -2.38. The summed E-state index contributed by atoms with van der Waals surface area (Å²) in [5.41, 5.74) is 2.33. The Hall–Kier alpha value is -2.08. The quantitative estimate of drug-likeness (QED) is 0.559. The minimum absolute atomic E-state index is 0.313. The van der Waals surface area contributed by atoms with Crippen molar-refractivity contribution in [3.05, 3.63) is 47.2 Å². The number of thioether (sulfide) groups is 1. The van der Waals surface area contributed by atoms with E-state index in [0.29, 0.717) is 23.3 Å². The first kappa shape index (κ1) is 19.7. The predicted molar refractivity (Wildman–Crippen MR) is 110 cm³/mol. The van der Waals surface area contributed by atoms with E-state index in [2.05, 4.69) is 31.7 Å². The molecule has 0 spiro atoms. The van der Waals surface area contributed by atoms with Crippen molar-refractivity contribution in [2.45, 2.75) is 62.9 Å². The molecule has 1 aromatic carbocycles. The standard InChI is InChI=1S/C21H27N3O2S/c1-14(2)18-12-19(24-10-5-4-7-15(24)3)23-21(22-18)27-13-16-8-6-9-17(11-16)20(25)26/h6,8-9,11-12,14-15H,4-5,7,10,13H2,1-3H3,(H,25,26)/t15-/m0/s1. The number of piperidine rings is 1. The number of aromatic carboxylic acids is 1. The van der Waals surface area contributed by atoms with Gasteiger partial charge < -0.3 is 10.0 Å². The number of carboxylic acid groups (broad SMARTS) is 1. The van der Waals surface area contributed by atoms with Crippen molar-refractivity contribution in [3.63, 3.8) is 0 Å². The Morgan fingerprint density at radius 2 is 2.11 bits per heavy atom. The molecule has 2 heterocycles. The van der Waals surface area contributed by atoms with E-state index in [9.17, 15) is 4.79 Å². The molecule has 2 aromatic rings. The van der Waals surface area contributed by atoms with Crippen molar-refractivity contribution in [1.29, 1.82) is 0 Å². The fourth-order valence-corrected chi connectivity index (χ4v) is 4.12. The second-order valence-corrected chi connectivity index (χ2v) is 8.36. The summed E-state index contributed by atoms with van der Waals surface area (Å²) in [5.74, 6) is 1.10. The number of hydrogen-bond donors (Lipinski definition) is 1. The number of hydrogen-bond acceptors (Lipinski definition) is 5. The minimum Gasteiger partial charge on any atom is -0.478 e. The van der Waals surface area contributed by atoms with Crippen molar-refractivity contribution in [3.8, 4) is 0 Å². The topological polar surface area (TPSA) is 66.3 Å². The molecule has 1 saturated heterocycles. The van der Waals surface area contributed by atoms with Crippen molar-refractivity contribution < 1.29 is 9.90 Å². The Morgan fingerprint density at radius 3 is 2.81 bits per heavy atom. The van der Waals surface area contributed by atoms with Gasteiger partial charge in [-0.25, -0.2) is 14.8 Å². The molecule has 1 atom stereocenters. The molecule has 0 saturated carbocycles. The first-order chi connectivity index (χ1) is 12.9. The van der Waals surface area contributed by atoms with Crippen LogP contribution in [0, 0.1) is 0 Å². The zero-order chi connectivity index (χ0) is 19.4. The molecule has 3 rings (SSSR count). The maximum Gasteiger partial charge on any atom is 0.335 e. The van der Waals surface area contributed by atoms with E-state index in [1.54, 1.807) is 30.0 Å². The van der Waals surface area contributed by atoms with Crippen LogP contribution in [0.3, 0.4) is 0 Å². The summed E-state index contributed by atoms with van der Waals surface area (Å²) in [6.07, 6.45) is 3.68. The van der Waals surface area contributed by atoms with Gasteiger partial charge in [0, 0.05) is 30.1 Å². The third-order valence-electron chi connectivity index (χ3n) is 4.94. The molecule has 1 fully saturated rings. The van der Waals surface area contributed by atoms with Gasteiger partial charge in [-0.05, 0) is 49.8 Å². The lowest BCUT2D eigenvalue weighted by molar-refractivity contribution is 0.0697. The third kappa shape index (κ3) is 5.01. The normalized spacial score (nSPS) is 17.3. The van der Waals surface area contributed by atoms with Gasteiger partial charge in [0.2, 0.25) is 0 Å². The van der Waals surface area contributed by atoms with Crippen molar-refractivity contribution in [1.82, 2.24) is 9.97 Å². The average molecular weight is 386 g/mol. The van der Waals surface area contributed by atoms with Crippen LogP contribution >= 0.6 is 11.8 Å². The Kier molecular flexibility index (Phi) is 6.37. The first-order valence-electron chi connectivity index (χ1n) is 9.54. The van der Waals surface area contributed by atoms with E-state index in [1.165, 1.54) is 19.3 Å². The highest BCUT2D eigenvalue weighted by atomic mass is 32.2. The van der Waals surface area contributed by atoms with Gasteiger partial charge in [0.05, 0.1) is 5.56 Å². The predicted octanol–water partition coefficient (Wildman–Crippen LogP) is 4.97. The van der Waals surface area contributed by atoms with Gasteiger partial charge in [-0.1, -0.05) is 37.7 Å². The summed E-state index contributed by atoms with van der Waals surface area (Å²) in [6, 6.07) is 9.68. The molecule has 0 unspecified atom stereocenters. The van der Waals surface area contributed by atoms with Gasteiger partial charge >= 0.3 is 5.97 Å². The molecule has 0 bridgehead atoms. The van der Waals surface area contributed by atoms with Crippen LogP contribution in [0.25, 0.3) is 0 Å². The first-order valence-corrected chi connectivity index (χ1v) is 10.5. The van der Waals surface area contributed by atoms with Crippen LogP contribution in [0.5, 0.6) is 0 Å². The zero-order valence-electron chi connectivity index (χ0n) is 16.2. The lowest BCUT2D eigenvalue weighted by Gasteiger charge is -2.34. The van der Waals surface area contributed by atoms with Crippen molar-refractivity contribution in [2.24, 2.45) is 0 Å². The summed E-state index contributed by atoms with van der Waals surface area (Å²) >= 11 is 1.56. The fourth-order valence-electron chi connectivity index (χ4n) is 3.32. The maximum atomic E-state index is 11.2. The fraction of sp³-hybridized carbons (Fsp3) is 0.476. The summed E-state index contributed by atoms with van der Waals surface area (Å²) in [4.78, 5) is 23.1. The number of aromatic nitrogens is 2. The zero-order valence-corrected chi connectivity index (χ0v) is 17.0. The molecule has 1 N–H and O–H groups in total. The van der Waals surface area contributed by atoms with Crippen LogP contribution in [0.4, 0.5) is 5.82 Å². The molecule has 1 aliphatic heterocycles. The Labute approximate surface area is 165 Å². The molecule has 144 valence electrons. The number of anilines is 1. The highest BCUT2D eigenvalue weighted by Gasteiger charge is 2.21. The van der Waals surface area contributed by atoms with Gasteiger partial charge in [0.15, 0.2) is 5.16 Å². The molecule has 6 heteroatoms. The SMILES string of the molecule is CC(C)c1cc(N2CCCC[C@@H]2C)nc(SCc2cccc(C(=O)O)c2)n1. The van der Waals surface area contributed by atoms with Gasteiger partial charge in [0.1, 0.15) is 5.82 Å². The van der Waals surface area contributed by atoms with Crippen LogP contribution < -0.4 is 4.90 Å². The maximum absolute atomic E-state index is 11.2. The summed E-state index contributed by atoms with van der Waals surface area (Å²) < 4.78 is 0. The van der Waals surface area contributed by atoms with Crippen LogP contribution in [0.15, 0.2) is 35.5 Å². The molecule has 27 heavy (non-hydrogen) atoms. The molecule has 0 amide bonds. The Bertz CT molecular complexity index is 810. The Morgan fingerprint density at radius 1 is 1.30 bits per heavy atom. The van der Waals surface area contributed by atoms with E-state index in [4.69, 9.17) is 15.1 Å². The van der Waals surface area contributed by atoms with E-state index in [0.717, 1.165) is 28.8 Å². The number of benzene rings is 1. The summed E-state index contributed by atoms with van der Waals surface area (Å²) in [7, 11) is 0. The van der Waals surface area contributed by atoms with Crippen molar-refractivity contribution in [2.75, 3.05) is 11.4 Å². The molecule has 1 aliphatic rings. The second-order valence-electron chi connectivity index (χ2n) is 7.42. The Balaban J connectivity index is 1.82. The number of carbonyl (C=O) groups is 1. The minimum atomic E-state index is -0.902. The molecule has 1 aromatic heterocycles. The molecule has 5 nitrogen and oxygen atoms in total. The molecular formula is C21H27N3O2S. The van der Waals surface area contributed by atoms with E-state index in [1.807, 2.05) is 6.07 Å². The molecule has 0 radical (unpaired) electrons. The third-order valence-corrected chi connectivity index (χ3v) is 5.86. The number of nitrogens with zero attached hydrogens (tertiary/aromatic N) is 3. The van der Waals surface area contributed by atoms with E-state index < -0.39 is 5.97 Å². The van der Waals surface area contributed by atoms with Crippen LogP contribution in [-0.4, -0.2) is 33.6 Å². The van der Waals surface area contributed by atoms with Gasteiger partial charge in [-0.3, -0.25) is 0 Å². The highest BCUT2D eigenvalue weighted by molar-refractivity contribution is 7.98.